The summed E-state index contributed by atoms with van der Waals surface area (Å²) in [5.41, 5.74) is 2.46. The van der Waals surface area contributed by atoms with Crippen LogP contribution in [0.4, 0.5) is 11.4 Å². The Morgan fingerprint density at radius 3 is 2.57 bits per heavy atom. The number of anilines is 1. The lowest BCUT2D eigenvalue weighted by molar-refractivity contribution is -0.384. The van der Waals surface area contributed by atoms with Gasteiger partial charge in [-0.1, -0.05) is 18.2 Å². The predicted molar refractivity (Wildman–Crippen MR) is 108 cm³/mol. The van der Waals surface area contributed by atoms with Gasteiger partial charge < -0.3 is 14.1 Å². The summed E-state index contributed by atoms with van der Waals surface area (Å²) >= 11 is 0. The zero-order valence-electron chi connectivity index (χ0n) is 16.1. The standard InChI is InChI=1S/C22H18N2O6/c1-14(21(25)23-13-12-15-4-2-3-5-18(15)23)29-22(26)20-11-10-19(30-20)16-6-8-17(9-7-16)24(27)28/h2-11,14H,12-13H2,1H3/t14-/m0/s1. The number of esters is 1. The van der Waals surface area contributed by atoms with Crippen molar-refractivity contribution in [3.05, 3.63) is 82.1 Å². The first-order valence-corrected chi connectivity index (χ1v) is 9.39. The van der Waals surface area contributed by atoms with Gasteiger partial charge in [0.1, 0.15) is 5.76 Å². The third-order valence-corrected chi connectivity index (χ3v) is 4.95. The minimum absolute atomic E-state index is 0.0410. The number of fused-ring (bicyclic) bond motifs is 1. The van der Waals surface area contributed by atoms with E-state index in [1.807, 2.05) is 24.3 Å². The smallest absolute Gasteiger partial charge is 0.375 e. The summed E-state index contributed by atoms with van der Waals surface area (Å²) in [6, 6.07) is 16.4. The number of benzene rings is 2. The molecule has 2 aromatic carbocycles. The van der Waals surface area contributed by atoms with Crippen LogP contribution in [0.25, 0.3) is 11.3 Å². The summed E-state index contributed by atoms with van der Waals surface area (Å²) in [6.07, 6.45) is -0.212. The molecule has 1 aliphatic heterocycles. The van der Waals surface area contributed by atoms with Crippen molar-refractivity contribution in [2.45, 2.75) is 19.4 Å². The monoisotopic (exact) mass is 406 g/mol. The van der Waals surface area contributed by atoms with Gasteiger partial charge in [-0.3, -0.25) is 14.9 Å². The van der Waals surface area contributed by atoms with Gasteiger partial charge in [-0.25, -0.2) is 4.79 Å². The van der Waals surface area contributed by atoms with E-state index in [0.717, 1.165) is 17.7 Å². The van der Waals surface area contributed by atoms with Crippen LogP contribution in [0.5, 0.6) is 0 Å². The average Bonchev–Trinajstić information content (AvgIpc) is 3.41. The van der Waals surface area contributed by atoms with E-state index < -0.39 is 17.0 Å². The van der Waals surface area contributed by atoms with Crippen molar-refractivity contribution < 1.29 is 23.7 Å². The molecular weight excluding hydrogens is 388 g/mol. The van der Waals surface area contributed by atoms with Crippen molar-refractivity contribution in [2.75, 3.05) is 11.4 Å². The Kier molecular flexibility index (Phi) is 5.05. The number of rotatable bonds is 5. The van der Waals surface area contributed by atoms with Gasteiger partial charge in [0.25, 0.3) is 11.6 Å². The Morgan fingerprint density at radius 2 is 1.83 bits per heavy atom. The molecule has 1 aromatic heterocycles. The highest BCUT2D eigenvalue weighted by Gasteiger charge is 2.30. The Labute approximate surface area is 171 Å². The topological polar surface area (TPSA) is 103 Å². The molecule has 0 fully saturated rings. The van der Waals surface area contributed by atoms with E-state index >= 15 is 0 Å². The van der Waals surface area contributed by atoms with Crippen molar-refractivity contribution in [3.8, 4) is 11.3 Å². The van der Waals surface area contributed by atoms with E-state index in [0.29, 0.717) is 17.9 Å². The van der Waals surface area contributed by atoms with Crippen molar-refractivity contribution in [1.82, 2.24) is 0 Å². The van der Waals surface area contributed by atoms with Crippen molar-refractivity contribution >= 4 is 23.3 Å². The molecule has 0 unspecified atom stereocenters. The first-order valence-electron chi connectivity index (χ1n) is 9.39. The number of nitro benzene ring substituents is 1. The molecule has 1 amide bonds. The molecule has 0 radical (unpaired) electrons. The van der Waals surface area contributed by atoms with Crippen LogP contribution >= 0.6 is 0 Å². The number of ether oxygens (including phenoxy) is 1. The summed E-state index contributed by atoms with van der Waals surface area (Å²) < 4.78 is 10.8. The Bertz CT molecular complexity index is 1120. The van der Waals surface area contributed by atoms with Gasteiger partial charge in [0, 0.05) is 29.9 Å². The van der Waals surface area contributed by atoms with Gasteiger partial charge in [-0.2, -0.15) is 0 Å². The molecule has 4 rings (SSSR count). The van der Waals surface area contributed by atoms with E-state index in [2.05, 4.69) is 0 Å². The molecule has 3 aromatic rings. The third-order valence-electron chi connectivity index (χ3n) is 4.95. The molecular formula is C22H18N2O6. The van der Waals surface area contributed by atoms with Gasteiger partial charge in [-0.15, -0.1) is 0 Å². The number of carbonyl (C=O) groups excluding carboxylic acids is 2. The van der Waals surface area contributed by atoms with E-state index in [-0.39, 0.29) is 17.4 Å². The number of hydrogen-bond donors (Lipinski definition) is 0. The fraction of sp³-hybridized carbons (Fsp3) is 0.182. The van der Waals surface area contributed by atoms with E-state index in [9.17, 15) is 19.7 Å². The molecule has 30 heavy (non-hydrogen) atoms. The second-order valence-electron chi connectivity index (χ2n) is 6.88. The summed E-state index contributed by atoms with van der Waals surface area (Å²) in [6.45, 7) is 2.08. The van der Waals surface area contributed by atoms with Crippen molar-refractivity contribution in [1.29, 1.82) is 0 Å². The number of carbonyl (C=O) groups is 2. The minimum Gasteiger partial charge on any atom is -0.449 e. The number of nitrogens with zero attached hydrogens (tertiary/aromatic N) is 2. The van der Waals surface area contributed by atoms with Gasteiger partial charge in [0.05, 0.1) is 4.92 Å². The maximum Gasteiger partial charge on any atom is 0.375 e. The van der Waals surface area contributed by atoms with Crippen molar-refractivity contribution in [2.24, 2.45) is 0 Å². The summed E-state index contributed by atoms with van der Waals surface area (Å²) in [5.74, 6) is -0.735. The summed E-state index contributed by atoms with van der Waals surface area (Å²) in [5, 5.41) is 10.8. The van der Waals surface area contributed by atoms with Gasteiger partial charge in [-0.05, 0) is 49.2 Å². The van der Waals surface area contributed by atoms with Crippen LogP contribution < -0.4 is 4.90 Å². The molecule has 1 atom stereocenters. The van der Waals surface area contributed by atoms with Crippen LogP contribution in [-0.2, 0) is 16.0 Å². The number of nitro groups is 1. The Hall–Kier alpha value is -3.94. The number of furan rings is 1. The molecule has 1 aliphatic rings. The zero-order chi connectivity index (χ0) is 21.3. The van der Waals surface area contributed by atoms with Gasteiger partial charge >= 0.3 is 5.97 Å². The van der Waals surface area contributed by atoms with Crippen LogP contribution in [0.15, 0.2) is 65.1 Å². The number of hydrogen-bond acceptors (Lipinski definition) is 6. The number of non-ortho nitro benzene ring substituents is 1. The van der Waals surface area contributed by atoms with Crippen LogP contribution in [0, 0.1) is 10.1 Å². The number of amides is 1. The predicted octanol–water partition coefficient (Wildman–Crippen LogP) is 3.99. The molecule has 152 valence electrons. The van der Waals surface area contributed by atoms with Crippen LogP contribution in [-0.4, -0.2) is 29.4 Å². The fourth-order valence-electron chi connectivity index (χ4n) is 3.41. The summed E-state index contributed by atoms with van der Waals surface area (Å²) in [4.78, 5) is 37.1. The molecule has 0 spiro atoms. The SMILES string of the molecule is C[C@H](OC(=O)c1ccc(-c2ccc([N+](=O)[O-])cc2)o1)C(=O)N1CCc2ccccc21. The van der Waals surface area contributed by atoms with Crippen molar-refractivity contribution in [3.63, 3.8) is 0 Å². The van der Waals surface area contributed by atoms with E-state index in [4.69, 9.17) is 9.15 Å². The highest BCUT2D eigenvalue weighted by atomic mass is 16.6. The Morgan fingerprint density at radius 1 is 1.10 bits per heavy atom. The highest BCUT2D eigenvalue weighted by molar-refractivity contribution is 6.00. The molecule has 0 saturated carbocycles. The van der Waals surface area contributed by atoms with Gasteiger partial charge in [0.15, 0.2) is 6.10 Å². The van der Waals surface area contributed by atoms with E-state index in [1.54, 1.807) is 11.0 Å². The van der Waals surface area contributed by atoms with Crippen LogP contribution in [0.1, 0.15) is 23.0 Å². The quantitative estimate of drug-likeness (QED) is 0.361. The number of para-hydroxylation sites is 1. The molecule has 0 saturated heterocycles. The average molecular weight is 406 g/mol. The van der Waals surface area contributed by atoms with Crippen LogP contribution in [0.2, 0.25) is 0 Å². The molecule has 8 nitrogen and oxygen atoms in total. The minimum atomic E-state index is -0.975. The van der Waals surface area contributed by atoms with E-state index in [1.165, 1.54) is 37.3 Å². The molecule has 2 heterocycles. The maximum absolute atomic E-state index is 12.8. The lowest BCUT2D eigenvalue weighted by Crippen LogP contribution is -2.39. The summed E-state index contributed by atoms with van der Waals surface area (Å²) in [7, 11) is 0. The van der Waals surface area contributed by atoms with Gasteiger partial charge in [0.2, 0.25) is 5.76 Å². The first-order chi connectivity index (χ1) is 14.4. The molecule has 8 heteroatoms. The maximum atomic E-state index is 12.8. The molecule has 0 aliphatic carbocycles. The second kappa shape index (κ2) is 7.82. The molecule has 0 bridgehead atoms. The van der Waals surface area contributed by atoms with Crippen LogP contribution in [0.3, 0.4) is 0 Å². The fourth-order valence-corrected chi connectivity index (χ4v) is 3.41. The highest BCUT2D eigenvalue weighted by Crippen LogP contribution is 2.29. The Balaban J connectivity index is 1.43. The normalized spacial score (nSPS) is 13.6. The largest absolute Gasteiger partial charge is 0.449 e. The third kappa shape index (κ3) is 3.67. The second-order valence-corrected chi connectivity index (χ2v) is 6.88. The first kappa shape index (κ1) is 19.4. The lowest BCUT2D eigenvalue weighted by atomic mass is 10.1. The molecule has 0 N–H and O–H groups in total. The lowest BCUT2D eigenvalue weighted by Gasteiger charge is -2.21. The zero-order valence-corrected chi connectivity index (χ0v) is 16.1.